The topological polar surface area (TPSA) is 35.5 Å². The summed E-state index contributed by atoms with van der Waals surface area (Å²) in [4.78, 5) is 11.1. The molecule has 3 nitrogen and oxygen atoms in total. The van der Waals surface area contributed by atoms with Gasteiger partial charge in [-0.2, -0.15) is 0 Å². The van der Waals surface area contributed by atoms with Crippen LogP contribution < -0.4 is 9.47 Å². The Hall–Kier alpha value is -2.36. The second kappa shape index (κ2) is 5.79. The van der Waals surface area contributed by atoms with Crippen LogP contribution in [0.1, 0.15) is 24.5 Å². The number of hydrogen-bond acceptors (Lipinski definition) is 3. The molecule has 0 fully saturated rings. The van der Waals surface area contributed by atoms with Crippen LogP contribution in [-0.2, 0) is 17.8 Å². The Morgan fingerprint density at radius 2 is 2.09 bits per heavy atom. The van der Waals surface area contributed by atoms with Gasteiger partial charge in [-0.05, 0) is 37.0 Å². The normalized spacial score (nSPS) is 19.9. The minimum absolute atomic E-state index is 0.209. The molecule has 1 aliphatic rings. The molecule has 0 saturated heterocycles. The molecular weight excluding hydrogens is 283 g/mol. The number of carbonyl (C=O) groups excluding carboxylic acids is 1. The fraction of sp³-hybridized carbons (Fsp3) is 0.278. The van der Waals surface area contributed by atoms with E-state index in [-0.39, 0.29) is 5.75 Å². The van der Waals surface area contributed by atoms with Gasteiger partial charge in [0.2, 0.25) is 0 Å². The number of benzene rings is 2. The number of halogens is 1. The van der Waals surface area contributed by atoms with Crippen molar-refractivity contribution in [2.24, 2.45) is 0 Å². The monoisotopic (exact) mass is 300 g/mol. The standard InChI is InChI=1S/C18H17FO3/c1-18(12-20)8-7-14-9-17(15(19)10-16(14)22-18)21-11-13-5-3-2-4-6-13/h2-6,9-10,12H,7-8,11H2,1H3. The van der Waals surface area contributed by atoms with Gasteiger partial charge in [0.25, 0.3) is 0 Å². The second-order valence-electron chi connectivity index (χ2n) is 5.70. The van der Waals surface area contributed by atoms with E-state index in [4.69, 9.17) is 9.47 Å². The van der Waals surface area contributed by atoms with Crippen LogP contribution in [0.4, 0.5) is 4.39 Å². The van der Waals surface area contributed by atoms with E-state index in [0.717, 1.165) is 17.4 Å². The number of ether oxygens (including phenoxy) is 2. The number of carbonyl (C=O) groups is 1. The molecule has 1 unspecified atom stereocenters. The Bertz CT molecular complexity index is 684. The molecule has 0 spiro atoms. The highest BCUT2D eigenvalue weighted by Gasteiger charge is 2.32. The van der Waals surface area contributed by atoms with Crippen LogP contribution in [0.25, 0.3) is 0 Å². The van der Waals surface area contributed by atoms with Gasteiger partial charge in [-0.1, -0.05) is 30.3 Å². The third kappa shape index (κ3) is 2.96. The first-order chi connectivity index (χ1) is 10.6. The van der Waals surface area contributed by atoms with E-state index in [1.165, 1.54) is 6.07 Å². The number of aldehydes is 1. The Balaban J connectivity index is 1.79. The fourth-order valence-corrected chi connectivity index (χ4v) is 2.48. The fourth-order valence-electron chi connectivity index (χ4n) is 2.48. The van der Waals surface area contributed by atoms with E-state index >= 15 is 0 Å². The predicted octanol–water partition coefficient (Wildman–Crippen LogP) is 3.69. The lowest BCUT2D eigenvalue weighted by Crippen LogP contribution is -2.37. The summed E-state index contributed by atoms with van der Waals surface area (Å²) in [6.07, 6.45) is 2.01. The Morgan fingerprint density at radius 1 is 1.32 bits per heavy atom. The van der Waals surface area contributed by atoms with Crippen LogP contribution in [0.5, 0.6) is 11.5 Å². The highest BCUT2D eigenvalue weighted by Crippen LogP contribution is 2.36. The van der Waals surface area contributed by atoms with Crippen molar-refractivity contribution >= 4 is 6.29 Å². The third-order valence-electron chi connectivity index (χ3n) is 3.84. The van der Waals surface area contributed by atoms with Crippen molar-refractivity contribution in [1.29, 1.82) is 0 Å². The van der Waals surface area contributed by atoms with Crippen molar-refractivity contribution in [3.63, 3.8) is 0 Å². The van der Waals surface area contributed by atoms with Crippen LogP contribution in [0.15, 0.2) is 42.5 Å². The number of aryl methyl sites for hydroxylation is 1. The average molecular weight is 300 g/mol. The first-order valence-electron chi connectivity index (χ1n) is 7.24. The summed E-state index contributed by atoms with van der Waals surface area (Å²) in [7, 11) is 0. The van der Waals surface area contributed by atoms with Crippen molar-refractivity contribution < 1.29 is 18.7 Å². The summed E-state index contributed by atoms with van der Waals surface area (Å²) in [5.41, 5.74) is 0.972. The smallest absolute Gasteiger partial charge is 0.168 e. The molecule has 0 saturated carbocycles. The van der Waals surface area contributed by atoms with Crippen molar-refractivity contribution in [3.05, 3.63) is 59.4 Å². The van der Waals surface area contributed by atoms with Crippen LogP contribution in [0, 0.1) is 5.82 Å². The lowest BCUT2D eigenvalue weighted by molar-refractivity contribution is -0.121. The Labute approximate surface area is 128 Å². The van der Waals surface area contributed by atoms with Gasteiger partial charge in [0.1, 0.15) is 12.4 Å². The lowest BCUT2D eigenvalue weighted by Gasteiger charge is -2.31. The molecule has 0 radical (unpaired) electrons. The number of fused-ring (bicyclic) bond motifs is 1. The van der Waals surface area contributed by atoms with E-state index in [1.807, 2.05) is 30.3 Å². The zero-order valence-corrected chi connectivity index (χ0v) is 12.3. The molecule has 0 amide bonds. The van der Waals surface area contributed by atoms with Gasteiger partial charge in [0, 0.05) is 6.07 Å². The maximum atomic E-state index is 14.1. The summed E-state index contributed by atoms with van der Waals surface area (Å²) in [5.74, 6) is 0.149. The highest BCUT2D eigenvalue weighted by molar-refractivity contribution is 5.64. The largest absolute Gasteiger partial charge is 0.486 e. The van der Waals surface area contributed by atoms with Gasteiger partial charge >= 0.3 is 0 Å². The molecule has 0 aromatic heterocycles. The summed E-state index contributed by atoms with van der Waals surface area (Å²) < 4.78 is 25.3. The van der Waals surface area contributed by atoms with Crippen LogP contribution in [0.3, 0.4) is 0 Å². The zero-order valence-electron chi connectivity index (χ0n) is 12.3. The predicted molar refractivity (Wildman–Crippen MR) is 80.6 cm³/mol. The van der Waals surface area contributed by atoms with E-state index < -0.39 is 11.4 Å². The maximum absolute atomic E-state index is 14.1. The van der Waals surface area contributed by atoms with Gasteiger partial charge in [-0.15, -0.1) is 0 Å². The molecule has 1 atom stereocenters. The van der Waals surface area contributed by atoms with Crippen molar-refractivity contribution in [1.82, 2.24) is 0 Å². The zero-order chi connectivity index (χ0) is 15.6. The Kier molecular flexibility index (Phi) is 3.84. The van der Waals surface area contributed by atoms with E-state index in [9.17, 15) is 9.18 Å². The van der Waals surface area contributed by atoms with E-state index in [2.05, 4.69) is 0 Å². The summed E-state index contributed by atoms with van der Waals surface area (Å²) >= 11 is 0. The molecule has 0 aliphatic carbocycles. The quantitative estimate of drug-likeness (QED) is 0.808. The molecule has 0 N–H and O–H groups in total. The summed E-state index contributed by atoms with van der Waals surface area (Å²) in [6.45, 7) is 2.02. The Morgan fingerprint density at radius 3 is 2.82 bits per heavy atom. The maximum Gasteiger partial charge on any atom is 0.168 e. The lowest BCUT2D eigenvalue weighted by atomic mass is 9.94. The molecule has 2 aromatic rings. The molecule has 0 bridgehead atoms. The first-order valence-corrected chi connectivity index (χ1v) is 7.24. The first kappa shape index (κ1) is 14.6. The molecule has 4 heteroatoms. The minimum atomic E-state index is -0.869. The molecule has 2 aromatic carbocycles. The van der Waals surface area contributed by atoms with Gasteiger partial charge < -0.3 is 9.47 Å². The molecular formula is C18H17FO3. The highest BCUT2D eigenvalue weighted by atomic mass is 19.1. The van der Waals surface area contributed by atoms with Gasteiger partial charge in [0.15, 0.2) is 23.5 Å². The molecule has 22 heavy (non-hydrogen) atoms. The van der Waals surface area contributed by atoms with Gasteiger partial charge in [0.05, 0.1) is 0 Å². The molecule has 1 heterocycles. The van der Waals surface area contributed by atoms with Crippen molar-refractivity contribution in [2.75, 3.05) is 0 Å². The van der Waals surface area contributed by atoms with E-state index in [0.29, 0.717) is 25.2 Å². The van der Waals surface area contributed by atoms with Gasteiger partial charge in [-0.25, -0.2) is 4.39 Å². The summed E-state index contributed by atoms with van der Waals surface area (Å²) in [6, 6.07) is 12.6. The van der Waals surface area contributed by atoms with Crippen molar-refractivity contribution in [2.45, 2.75) is 32.0 Å². The minimum Gasteiger partial charge on any atom is -0.486 e. The average Bonchev–Trinajstić information content (AvgIpc) is 2.54. The van der Waals surface area contributed by atoms with Crippen LogP contribution >= 0.6 is 0 Å². The molecule has 114 valence electrons. The van der Waals surface area contributed by atoms with Crippen LogP contribution in [-0.4, -0.2) is 11.9 Å². The number of hydrogen-bond donors (Lipinski definition) is 0. The van der Waals surface area contributed by atoms with Crippen molar-refractivity contribution in [3.8, 4) is 11.5 Å². The summed E-state index contributed by atoms with van der Waals surface area (Å²) in [5, 5.41) is 0. The molecule has 1 aliphatic heterocycles. The third-order valence-corrected chi connectivity index (χ3v) is 3.84. The molecule has 3 rings (SSSR count). The number of rotatable bonds is 4. The van der Waals surface area contributed by atoms with Gasteiger partial charge in [-0.3, -0.25) is 4.79 Å². The van der Waals surface area contributed by atoms with Crippen LogP contribution in [0.2, 0.25) is 0 Å². The van der Waals surface area contributed by atoms with E-state index in [1.54, 1.807) is 13.0 Å². The second-order valence-corrected chi connectivity index (χ2v) is 5.70. The SMILES string of the molecule is CC1(C=O)CCc2cc(OCc3ccccc3)c(F)cc2O1.